The Balaban J connectivity index is 1.45. The number of benzene rings is 2. The van der Waals surface area contributed by atoms with Crippen LogP contribution in [0.2, 0.25) is 0 Å². The predicted octanol–water partition coefficient (Wildman–Crippen LogP) is 2.92. The molecule has 2 aromatic rings. The fourth-order valence-corrected chi connectivity index (χ4v) is 4.46. The van der Waals surface area contributed by atoms with Gasteiger partial charge in [0.05, 0.1) is 13.7 Å². The topological polar surface area (TPSA) is 53.0 Å². The van der Waals surface area contributed by atoms with E-state index in [0.29, 0.717) is 11.5 Å². The van der Waals surface area contributed by atoms with Gasteiger partial charge in [-0.05, 0) is 54.2 Å². The van der Waals surface area contributed by atoms with Crippen LogP contribution in [0.4, 0.5) is 0 Å². The molecular formula is C23H28N2O3. The van der Waals surface area contributed by atoms with E-state index < -0.39 is 0 Å². The van der Waals surface area contributed by atoms with E-state index in [9.17, 15) is 9.90 Å². The van der Waals surface area contributed by atoms with Crippen molar-refractivity contribution in [3.05, 3.63) is 65.2 Å². The van der Waals surface area contributed by atoms with Crippen LogP contribution in [0, 0.1) is 5.92 Å². The quantitative estimate of drug-likeness (QED) is 0.867. The zero-order chi connectivity index (χ0) is 19.5. The number of hydrogen-bond donors (Lipinski definition) is 1. The highest BCUT2D eigenvalue weighted by atomic mass is 16.5. The van der Waals surface area contributed by atoms with E-state index in [1.807, 2.05) is 36.4 Å². The molecule has 0 saturated carbocycles. The highest BCUT2D eigenvalue weighted by molar-refractivity contribution is 5.94. The van der Waals surface area contributed by atoms with Crippen molar-refractivity contribution in [3.63, 3.8) is 0 Å². The summed E-state index contributed by atoms with van der Waals surface area (Å²) in [5, 5.41) is 9.21. The van der Waals surface area contributed by atoms with Gasteiger partial charge in [-0.1, -0.05) is 24.3 Å². The lowest BCUT2D eigenvalue weighted by molar-refractivity contribution is 0.0585. The summed E-state index contributed by atoms with van der Waals surface area (Å²) < 4.78 is 5.25. The van der Waals surface area contributed by atoms with Crippen molar-refractivity contribution in [2.24, 2.45) is 5.92 Å². The molecule has 2 aromatic carbocycles. The molecule has 2 atom stereocenters. The Morgan fingerprint density at radius 3 is 2.39 bits per heavy atom. The van der Waals surface area contributed by atoms with Crippen LogP contribution in [0.15, 0.2) is 48.5 Å². The standard InChI is InChI=1S/C23H28N2O3/c1-28-22-10-5-17(6-11-22)12-24-13-19-4-9-21(15-24)25(14-19)23(27)20-7-2-18(16-26)3-8-20/h2-3,5-8,10-11,19,21,26H,4,9,12-16H2,1H3/t19-,21+/m1/s1. The van der Waals surface area contributed by atoms with Gasteiger partial charge in [0.25, 0.3) is 5.91 Å². The van der Waals surface area contributed by atoms with E-state index >= 15 is 0 Å². The number of amides is 1. The largest absolute Gasteiger partial charge is 0.497 e. The summed E-state index contributed by atoms with van der Waals surface area (Å²) in [5.74, 6) is 1.52. The Bertz CT molecular complexity index is 804. The molecule has 1 amide bonds. The van der Waals surface area contributed by atoms with Crippen LogP contribution in [0.5, 0.6) is 5.75 Å². The molecule has 148 valence electrons. The first-order valence-electron chi connectivity index (χ1n) is 10.0. The molecule has 2 bridgehead atoms. The lowest BCUT2D eigenvalue weighted by Crippen LogP contribution is -2.47. The highest BCUT2D eigenvalue weighted by Gasteiger charge is 2.37. The molecule has 3 saturated heterocycles. The Hall–Kier alpha value is -2.37. The normalized spacial score (nSPS) is 22.1. The number of ether oxygens (including phenoxy) is 1. The number of methoxy groups -OCH3 is 1. The molecule has 0 aromatic heterocycles. The maximum Gasteiger partial charge on any atom is 0.254 e. The molecule has 5 nitrogen and oxygen atoms in total. The van der Waals surface area contributed by atoms with Gasteiger partial charge in [0.15, 0.2) is 0 Å². The van der Waals surface area contributed by atoms with Crippen LogP contribution in [0.25, 0.3) is 0 Å². The third-order valence-electron chi connectivity index (χ3n) is 6.00. The van der Waals surface area contributed by atoms with Crippen molar-refractivity contribution in [1.82, 2.24) is 9.80 Å². The average molecular weight is 380 g/mol. The summed E-state index contributed by atoms with van der Waals surface area (Å²) in [7, 11) is 1.68. The van der Waals surface area contributed by atoms with Crippen molar-refractivity contribution in [2.75, 3.05) is 26.7 Å². The number of aliphatic hydroxyl groups is 1. The number of piperidine rings is 1. The SMILES string of the molecule is COc1ccc(CN2C[C@H]3CC[C@@H](C2)N(C(=O)c2ccc(CO)cc2)C3)cc1. The Morgan fingerprint density at radius 2 is 1.71 bits per heavy atom. The third-order valence-corrected chi connectivity index (χ3v) is 6.00. The molecule has 0 radical (unpaired) electrons. The number of nitrogens with zero attached hydrogens (tertiary/aromatic N) is 2. The zero-order valence-corrected chi connectivity index (χ0v) is 16.4. The Kier molecular flexibility index (Phi) is 5.64. The number of carbonyl (C=O) groups excluding carboxylic acids is 1. The van der Waals surface area contributed by atoms with Gasteiger partial charge in [-0.3, -0.25) is 9.69 Å². The molecule has 0 aliphatic carbocycles. The minimum absolute atomic E-state index is 0.00318. The Morgan fingerprint density at radius 1 is 1.00 bits per heavy atom. The highest BCUT2D eigenvalue weighted by Crippen LogP contribution is 2.30. The molecular weight excluding hydrogens is 352 g/mol. The number of carbonyl (C=O) groups is 1. The lowest BCUT2D eigenvalue weighted by Gasteiger charge is -2.36. The second kappa shape index (κ2) is 8.33. The van der Waals surface area contributed by atoms with Crippen LogP contribution >= 0.6 is 0 Å². The smallest absolute Gasteiger partial charge is 0.254 e. The maximum atomic E-state index is 13.1. The predicted molar refractivity (Wildman–Crippen MR) is 108 cm³/mol. The fraction of sp³-hybridized carbons (Fsp3) is 0.435. The van der Waals surface area contributed by atoms with Crippen molar-refractivity contribution < 1.29 is 14.6 Å². The molecule has 0 spiro atoms. The molecule has 28 heavy (non-hydrogen) atoms. The summed E-state index contributed by atoms with van der Waals surface area (Å²) in [4.78, 5) is 17.7. The summed E-state index contributed by atoms with van der Waals surface area (Å²) in [5.41, 5.74) is 2.82. The van der Waals surface area contributed by atoms with E-state index in [-0.39, 0.29) is 18.6 Å². The zero-order valence-electron chi connectivity index (χ0n) is 16.4. The molecule has 0 unspecified atom stereocenters. The van der Waals surface area contributed by atoms with Gasteiger partial charge in [-0.15, -0.1) is 0 Å². The molecule has 1 N–H and O–H groups in total. The molecule has 3 fully saturated rings. The molecule has 3 heterocycles. The van der Waals surface area contributed by atoms with Crippen molar-refractivity contribution in [3.8, 4) is 5.75 Å². The van der Waals surface area contributed by atoms with Gasteiger partial charge in [-0.25, -0.2) is 0 Å². The monoisotopic (exact) mass is 380 g/mol. The Labute approximate surface area is 166 Å². The van der Waals surface area contributed by atoms with E-state index in [4.69, 9.17) is 4.74 Å². The fourth-order valence-electron chi connectivity index (χ4n) is 4.46. The number of hydrogen-bond acceptors (Lipinski definition) is 4. The first kappa shape index (κ1) is 19.0. The third kappa shape index (κ3) is 4.05. The summed E-state index contributed by atoms with van der Waals surface area (Å²) in [6.07, 6.45) is 2.27. The van der Waals surface area contributed by atoms with E-state index in [2.05, 4.69) is 21.9 Å². The van der Waals surface area contributed by atoms with Crippen molar-refractivity contribution in [1.29, 1.82) is 0 Å². The number of aliphatic hydroxyl groups excluding tert-OH is 1. The second-order valence-electron chi connectivity index (χ2n) is 7.95. The van der Waals surface area contributed by atoms with Gasteiger partial charge < -0.3 is 14.7 Å². The van der Waals surface area contributed by atoms with E-state index in [0.717, 1.165) is 43.9 Å². The summed E-state index contributed by atoms with van der Waals surface area (Å²) in [6.45, 7) is 3.70. The number of rotatable bonds is 5. The molecule has 3 aliphatic heterocycles. The lowest BCUT2D eigenvalue weighted by atomic mass is 9.94. The van der Waals surface area contributed by atoms with Crippen LogP contribution < -0.4 is 4.74 Å². The van der Waals surface area contributed by atoms with Crippen LogP contribution in [-0.2, 0) is 13.2 Å². The van der Waals surface area contributed by atoms with Gasteiger partial charge in [-0.2, -0.15) is 0 Å². The van der Waals surface area contributed by atoms with Crippen molar-refractivity contribution >= 4 is 5.91 Å². The first-order chi connectivity index (χ1) is 13.7. The molecule has 5 rings (SSSR count). The van der Waals surface area contributed by atoms with Gasteiger partial charge in [0, 0.05) is 37.8 Å². The van der Waals surface area contributed by atoms with Crippen LogP contribution in [0.3, 0.4) is 0 Å². The molecule has 5 heteroatoms. The van der Waals surface area contributed by atoms with Crippen LogP contribution in [-0.4, -0.2) is 53.6 Å². The van der Waals surface area contributed by atoms with Crippen LogP contribution in [0.1, 0.15) is 34.3 Å². The van der Waals surface area contributed by atoms with Gasteiger partial charge in [0.1, 0.15) is 5.75 Å². The molecule has 3 aliphatic rings. The second-order valence-corrected chi connectivity index (χ2v) is 7.95. The maximum absolute atomic E-state index is 13.1. The summed E-state index contributed by atoms with van der Waals surface area (Å²) in [6, 6.07) is 15.9. The first-order valence-corrected chi connectivity index (χ1v) is 10.0. The average Bonchev–Trinajstić information content (AvgIpc) is 3.04. The van der Waals surface area contributed by atoms with Gasteiger partial charge >= 0.3 is 0 Å². The number of fused-ring (bicyclic) bond motifs is 4. The minimum Gasteiger partial charge on any atom is -0.497 e. The van der Waals surface area contributed by atoms with Crippen molar-refractivity contribution in [2.45, 2.75) is 32.0 Å². The minimum atomic E-state index is 0.00318. The van der Waals surface area contributed by atoms with E-state index in [1.165, 1.54) is 12.0 Å². The van der Waals surface area contributed by atoms with E-state index in [1.54, 1.807) is 7.11 Å². The van der Waals surface area contributed by atoms with Gasteiger partial charge in [0.2, 0.25) is 0 Å². The summed E-state index contributed by atoms with van der Waals surface area (Å²) >= 11 is 0.